The minimum Gasteiger partial charge on any atom is -0.277 e. The van der Waals surface area contributed by atoms with E-state index in [0.717, 1.165) is 0 Å². The van der Waals surface area contributed by atoms with E-state index in [1.807, 2.05) is 0 Å². The molecule has 0 saturated heterocycles. The van der Waals surface area contributed by atoms with Crippen molar-refractivity contribution in [1.29, 1.82) is 0 Å². The predicted molar refractivity (Wildman–Crippen MR) is 23.6 cm³/mol. The third-order valence-electron chi connectivity index (χ3n) is 0.238. The second-order valence-electron chi connectivity index (χ2n) is 0.626. The first-order chi connectivity index (χ1) is 2.91. The lowest BCUT2D eigenvalue weighted by Crippen LogP contribution is -1.90. The molecule has 0 aliphatic rings. The van der Waals surface area contributed by atoms with Crippen LogP contribution >= 0.6 is 23.7 Å². The Morgan fingerprint density at radius 2 is 1.33 bits per heavy atom. The highest BCUT2D eigenvalue weighted by Gasteiger charge is 1.78. The Bertz CT molecular complexity index is 21.5. The molecule has 0 bridgehead atoms. The van der Waals surface area contributed by atoms with Gasteiger partial charge in [-0.05, 0) is 0 Å². The summed E-state index contributed by atoms with van der Waals surface area (Å²) in [5.74, 6) is 0. The summed E-state index contributed by atoms with van der Waals surface area (Å²) in [5, 5.41) is 0. The topological polar surface area (TPSA) is 18.5 Å². The molecule has 0 aliphatic heterocycles. The summed E-state index contributed by atoms with van der Waals surface area (Å²) in [6.07, 6.45) is 0. The van der Waals surface area contributed by atoms with E-state index in [-0.39, 0.29) is 0 Å². The van der Waals surface area contributed by atoms with E-state index in [0.29, 0.717) is 13.2 Å². The summed E-state index contributed by atoms with van der Waals surface area (Å²) in [4.78, 5) is 0. The van der Waals surface area contributed by atoms with Crippen LogP contribution in [0.2, 0.25) is 0 Å². The molecule has 0 aromatic heterocycles. The standard InChI is InChI=1S/C2H4Cl2O2/c3-5-1-2-6-4/h1-2H2. The van der Waals surface area contributed by atoms with Gasteiger partial charge in [0.2, 0.25) is 0 Å². The van der Waals surface area contributed by atoms with E-state index in [1.54, 1.807) is 0 Å². The van der Waals surface area contributed by atoms with Gasteiger partial charge in [-0.25, -0.2) is 0 Å². The number of hydrogen-bond acceptors (Lipinski definition) is 2. The molecule has 0 aromatic rings. The number of hydrogen-bond donors (Lipinski definition) is 0. The molecule has 0 fully saturated rings. The first kappa shape index (κ1) is 6.50. The molecule has 4 heteroatoms. The van der Waals surface area contributed by atoms with Crippen molar-refractivity contribution in [3.8, 4) is 0 Å². The molecule has 0 unspecified atom stereocenters. The molecule has 0 N–H and O–H groups in total. The Morgan fingerprint density at radius 1 is 1.00 bits per heavy atom. The normalized spacial score (nSPS) is 9.00. The second-order valence-corrected chi connectivity index (χ2v) is 1.06. The first-order valence-corrected chi connectivity index (χ1v) is 2.00. The highest BCUT2D eigenvalue weighted by molar-refractivity contribution is 6.07. The van der Waals surface area contributed by atoms with Crippen LogP contribution in [0.5, 0.6) is 0 Å². The lowest BCUT2D eigenvalue weighted by molar-refractivity contribution is 0.244. The van der Waals surface area contributed by atoms with Crippen LogP contribution in [0.3, 0.4) is 0 Å². The van der Waals surface area contributed by atoms with Crippen molar-refractivity contribution in [3.63, 3.8) is 0 Å². The van der Waals surface area contributed by atoms with Gasteiger partial charge in [-0.1, -0.05) is 0 Å². The molecule has 0 aromatic carbocycles. The van der Waals surface area contributed by atoms with Gasteiger partial charge in [0.1, 0.15) is 0 Å². The van der Waals surface area contributed by atoms with Crippen LogP contribution in [0.25, 0.3) is 0 Å². The summed E-state index contributed by atoms with van der Waals surface area (Å²) < 4.78 is 8.09. The third kappa shape index (κ3) is 4.50. The van der Waals surface area contributed by atoms with Crippen LogP contribution in [0.1, 0.15) is 0 Å². The van der Waals surface area contributed by atoms with Gasteiger partial charge in [0.25, 0.3) is 0 Å². The molecule has 0 rings (SSSR count). The Balaban J connectivity index is 2.34. The summed E-state index contributed by atoms with van der Waals surface area (Å²) in [7, 11) is 0. The fourth-order valence-corrected chi connectivity index (χ4v) is 0.189. The minimum atomic E-state index is 0.324. The van der Waals surface area contributed by atoms with Gasteiger partial charge in [0.15, 0.2) is 0 Å². The zero-order chi connectivity index (χ0) is 4.83. The molecule has 0 atom stereocenters. The highest BCUT2D eigenvalue weighted by atomic mass is 35.5. The van der Waals surface area contributed by atoms with E-state index in [2.05, 4.69) is 8.58 Å². The van der Waals surface area contributed by atoms with E-state index in [4.69, 9.17) is 23.7 Å². The maximum absolute atomic E-state index is 4.74. The maximum Gasteiger partial charge on any atom is 0.0934 e. The van der Waals surface area contributed by atoms with Gasteiger partial charge >= 0.3 is 0 Å². The van der Waals surface area contributed by atoms with Gasteiger partial charge in [-0.15, -0.1) is 0 Å². The van der Waals surface area contributed by atoms with Crippen molar-refractivity contribution in [2.24, 2.45) is 0 Å². The number of rotatable bonds is 3. The Hall–Kier alpha value is 0.500. The number of halogens is 2. The van der Waals surface area contributed by atoms with Crippen molar-refractivity contribution >= 4 is 23.7 Å². The Labute approximate surface area is 46.3 Å². The van der Waals surface area contributed by atoms with E-state index < -0.39 is 0 Å². The molecular weight excluding hydrogens is 127 g/mol. The molecule has 0 radical (unpaired) electrons. The van der Waals surface area contributed by atoms with Crippen molar-refractivity contribution < 1.29 is 8.58 Å². The van der Waals surface area contributed by atoms with Crippen molar-refractivity contribution in [3.05, 3.63) is 0 Å². The zero-order valence-electron chi connectivity index (χ0n) is 2.99. The zero-order valence-corrected chi connectivity index (χ0v) is 4.50. The van der Waals surface area contributed by atoms with Gasteiger partial charge in [-0.2, -0.15) is 0 Å². The largest absolute Gasteiger partial charge is 0.277 e. The molecule has 0 spiro atoms. The molecule has 0 heterocycles. The summed E-state index contributed by atoms with van der Waals surface area (Å²) in [5.41, 5.74) is 0. The maximum atomic E-state index is 4.74. The average Bonchev–Trinajstić information content (AvgIpc) is 1.61. The van der Waals surface area contributed by atoms with E-state index in [9.17, 15) is 0 Å². The lowest BCUT2D eigenvalue weighted by atomic mass is 10.8. The Kier molecular flexibility index (Phi) is 5.96. The SMILES string of the molecule is ClOCCOCl. The van der Waals surface area contributed by atoms with Crippen LogP contribution in [-0.4, -0.2) is 13.2 Å². The van der Waals surface area contributed by atoms with Crippen LogP contribution < -0.4 is 0 Å². The predicted octanol–water partition coefficient (Wildman–Crippen LogP) is 1.33. The van der Waals surface area contributed by atoms with E-state index >= 15 is 0 Å². The molecule has 6 heavy (non-hydrogen) atoms. The summed E-state index contributed by atoms with van der Waals surface area (Å²) >= 11 is 9.48. The molecule has 38 valence electrons. The van der Waals surface area contributed by atoms with Crippen LogP contribution in [0.15, 0.2) is 0 Å². The fourth-order valence-electron chi connectivity index (χ4n) is 0.0630. The van der Waals surface area contributed by atoms with Gasteiger partial charge in [0.05, 0.1) is 36.9 Å². The Morgan fingerprint density at radius 3 is 1.50 bits per heavy atom. The molecule has 0 amide bonds. The lowest BCUT2D eigenvalue weighted by Gasteiger charge is -1.85. The van der Waals surface area contributed by atoms with Gasteiger partial charge < -0.3 is 0 Å². The molecule has 2 nitrogen and oxygen atoms in total. The summed E-state index contributed by atoms with van der Waals surface area (Å²) in [6.45, 7) is 0.649. The minimum absolute atomic E-state index is 0.324. The summed E-state index contributed by atoms with van der Waals surface area (Å²) in [6, 6.07) is 0. The van der Waals surface area contributed by atoms with Crippen molar-refractivity contribution in [1.82, 2.24) is 0 Å². The molecule has 0 aliphatic carbocycles. The second kappa shape index (κ2) is 5.50. The molecular formula is C2H4Cl2O2. The average molecular weight is 131 g/mol. The van der Waals surface area contributed by atoms with Gasteiger partial charge in [-0.3, -0.25) is 8.58 Å². The van der Waals surface area contributed by atoms with Crippen LogP contribution in [0, 0.1) is 0 Å². The fraction of sp³-hybridized carbons (Fsp3) is 1.00. The van der Waals surface area contributed by atoms with E-state index in [1.165, 1.54) is 0 Å². The smallest absolute Gasteiger partial charge is 0.0934 e. The quantitative estimate of drug-likeness (QED) is 0.537. The van der Waals surface area contributed by atoms with Gasteiger partial charge in [0, 0.05) is 0 Å². The monoisotopic (exact) mass is 130 g/mol. The van der Waals surface area contributed by atoms with Crippen molar-refractivity contribution in [2.75, 3.05) is 13.2 Å². The van der Waals surface area contributed by atoms with Crippen molar-refractivity contribution in [2.45, 2.75) is 0 Å². The van der Waals surface area contributed by atoms with Crippen LogP contribution in [0.4, 0.5) is 0 Å². The molecule has 0 saturated carbocycles. The first-order valence-electron chi connectivity index (χ1n) is 1.39. The highest BCUT2D eigenvalue weighted by Crippen LogP contribution is 1.81. The van der Waals surface area contributed by atoms with Crippen LogP contribution in [-0.2, 0) is 8.58 Å². The third-order valence-corrected chi connectivity index (χ3v) is 0.546.